The number of halogens is 1. The second kappa shape index (κ2) is 9.47. The highest BCUT2D eigenvalue weighted by Gasteiger charge is 2.28. The number of esters is 1. The van der Waals surface area contributed by atoms with E-state index in [1.807, 2.05) is 13.8 Å². The number of carbonyl (C=O) groups is 2. The van der Waals surface area contributed by atoms with E-state index >= 15 is 0 Å². The van der Waals surface area contributed by atoms with Gasteiger partial charge in [0, 0.05) is 10.9 Å². The van der Waals surface area contributed by atoms with Gasteiger partial charge in [-0.15, -0.1) is 11.3 Å². The highest BCUT2D eigenvalue weighted by Crippen LogP contribution is 2.36. The summed E-state index contributed by atoms with van der Waals surface area (Å²) >= 11 is 1.26. The third-order valence-electron chi connectivity index (χ3n) is 4.71. The first kappa shape index (κ1) is 21.4. The quantitative estimate of drug-likeness (QED) is 0.703. The zero-order valence-corrected chi connectivity index (χ0v) is 17.6. The van der Waals surface area contributed by atoms with Crippen LogP contribution in [0.4, 0.5) is 9.39 Å². The topological polar surface area (TPSA) is 69.1 Å². The van der Waals surface area contributed by atoms with E-state index in [0.717, 1.165) is 18.0 Å². The Morgan fingerprint density at radius 1 is 1.24 bits per heavy atom. The number of quaternary nitrogens is 1. The molecule has 2 heterocycles. The molecule has 0 radical (unpaired) electrons. The fourth-order valence-electron chi connectivity index (χ4n) is 3.63. The molecule has 2 atom stereocenters. The molecule has 0 aliphatic carbocycles. The Morgan fingerprint density at radius 3 is 2.52 bits per heavy atom. The number of carbonyl (C=O) groups excluding carboxylic acids is 2. The summed E-state index contributed by atoms with van der Waals surface area (Å²) in [7, 11) is 0. The average molecular weight is 422 g/mol. The van der Waals surface area contributed by atoms with Gasteiger partial charge in [0.25, 0.3) is 5.91 Å². The Bertz CT molecular complexity index is 858. The minimum absolute atomic E-state index is 0.100. The zero-order valence-electron chi connectivity index (χ0n) is 16.8. The van der Waals surface area contributed by atoms with Crippen LogP contribution in [0, 0.1) is 5.82 Å². The first-order valence-corrected chi connectivity index (χ1v) is 10.6. The number of benzene rings is 1. The third-order valence-corrected chi connectivity index (χ3v) is 5.60. The van der Waals surface area contributed by atoms with Crippen molar-refractivity contribution in [2.24, 2.45) is 0 Å². The van der Waals surface area contributed by atoms with Crippen LogP contribution in [0.25, 0.3) is 11.1 Å². The first-order valence-electron chi connectivity index (χ1n) is 9.70. The van der Waals surface area contributed by atoms with Crippen LogP contribution in [0.2, 0.25) is 0 Å². The Morgan fingerprint density at radius 2 is 1.90 bits per heavy atom. The van der Waals surface area contributed by atoms with Crippen molar-refractivity contribution in [2.75, 3.05) is 31.6 Å². The van der Waals surface area contributed by atoms with Gasteiger partial charge < -0.3 is 19.7 Å². The van der Waals surface area contributed by atoms with Crippen LogP contribution in [0.1, 0.15) is 31.1 Å². The number of ether oxygens (including phenoxy) is 2. The van der Waals surface area contributed by atoms with Gasteiger partial charge in [-0.3, -0.25) is 4.79 Å². The standard InChI is InChI=1S/C21H25FN2O4S/c1-4-27-21(26)19-17(15-5-7-16(22)8-6-15)12-29-20(19)23-18(25)11-24-9-13(2)28-14(3)10-24/h5-8,12-14H,4,9-11H2,1-3H3,(H,23,25)/p+1. The van der Waals surface area contributed by atoms with Crippen LogP contribution in [0.5, 0.6) is 0 Å². The predicted molar refractivity (Wildman–Crippen MR) is 110 cm³/mol. The van der Waals surface area contributed by atoms with Crippen LogP contribution in [-0.2, 0) is 14.3 Å². The second-order valence-corrected chi connectivity index (χ2v) is 8.10. The van der Waals surface area contributed by atoms with Gasteiger partial charge in [-0.2, -0.15) is 0 Å². The van der Waals surface area contributed by atoms with E-state index in [4.69, 9.17) is 9.47 Å². The van der Waals surface area contributed by atoms with Gasteiger partial charge >= 0.3 is 5.97 Å². The summed E-state index contributed by atoms with van der Waals surface area (Å²) in [6.45, 7) is 7.76. The van der Waals surface area contributed by atoms with Gasteiger partial charge in [-0.1, -0.05) is 12.1 Å². The van der Waals surface area contributed by atoms with Crippen molar-refractivity contribution in [3.05, 3.63) is 41.0 Å². The number of morpholine rings is 1. The number of amides is 1. The number of anilines is 1. The molecule has 2 N–H and O–H groups in total. The summed E-state index contributed by atoms with van der Waals surface area (Å²) in [6.07, 6.45) is 0.201. The molecule has 0 bridgehead atoms. The molecular formula is C21H26FN2O4S+. The lowest BCUT2D eigenvalue weighted by Crippen LogP contribution is -3.16. The van der Waals surface area contributed by atoms with Gasteiger partial charge in [0.1, 0.15) is 41.7 Å². The Balaban J connectivity index is 1.80. The summed E-state index contributed by atoms with van der Waals surface area (Å²) < 4.78 is 24.2. The SMILES string of the molecule is CCOC(=O)c1c(-c2ccc(F)cc2)csc1NC(=O)C[NH+]1CC(C)OC(C)C1. The summed E-state index contributed by atoms with van der Waals surface area (Å²) in [4.78, 5) is 26.4. The van der Waals surface area contributed by atoms with E-state index in [9.17, 15) is 14.0 Å². The van der Waals surface area contributed by atoms with Gasteiger partial charge in [0.2, 0.25) is 0 Å². The van der Waals surface area contributed by atoms with Crippen LogP contribution < -0.4 is 10.2 Å². The predicted octanol–water partition coefficient (Wildman–Crippen LogP) is 2.36. The molecule has 2 aromatic rings. The minimum Gasteiger partial charge on any atom is -0.462 e. The van der Waals surface area contributed by atoms with Crippen molar-refractivity contribution in [2.45, 2.75) is 33.0 Å². The first-order chi connectivity index (χ1) is 13.9. The number of nitrogens with one attached hydrogen (secondary N) is 2. The van der Waals surface area contributed by atoms with Crippen molar-refractivity contribution < 1.29 is 28.4 Å². The molecule has 6 nitrogen and oxygen atoms in total. The van der Waals surface area contributed by atoms with Crippen molar-refractivity contribution >= 4 is 28.2 Å². The lowest BCUT2D eigenvalue weighted by atomic mass is 10.0. The molecule has 1 aliphatic rings. The second-order valence-electron chi connectivity index (χ2n) is 7.22. The molecule has 0 spiro atoms. The fourth-order valence-corrected chi connectivity index (χ4v) is 4.60. The lowest BCUT2D eigenvalue weighted by Gasteiger charge is -2.31. The zero-order chi connectivity index (χ0) is 21.0. The summed E-state index contributed by atoms with van der Waals surface area (Å²) in [5, 5.41) is 5.10. The molecule has 1 saturated heterocycles. The normalized spacial score (nSPS) is 21.6. The Labute approximate surface area is 173 Å². The Hall–Kier alpha value is -2.29. The molecule has 8 heteroatoms. The molecule has 156 valence electrons. The smallest absolute Gasteiger partial charge is 0.341 e. The Kier molecular flexibility index (Phi) is 7.00. The lowest BCUT2D eigenvalue weighted by molar-refractivity contribution is -0.907. The van der Waals surface area contributed by atoms with Crippen LogP contribution in [0.15, 0.2) is 29.6 Å². The van der Waals surface area contributed by atoms with Crippen LogP contribution in [-0.4, -0.2) is 50.3 Å². The monoisotopic (exact) mass is 421 g/mol. The molecule has 2 unspecified atom stereocenters. The fraction of sp³-hybridized carbons (Fsp3) is 0.429. The van der Waals surface area contributed by atoms with E-state index in [1.165, 1.54) is 23.5 Å². The van der Waals surface area contributed by atoms with Gasteiger partial charge in [0.15, 0.2) is 6.54 Å². The molecule has 1 aromatic heterocycles. The number of rotatable bonds is 6. The van der Waals surface area contributed by atoms with Gasteiger partial charge in [0.05, 0.1) is 6.61 Å². The largest absolute Gasteiger partial charge is 0.462 e. The molecule has 1 aliphatic heterocycles. The van der Waals surface area contributed by atoms with Gasteiger partial charge in [-0.25, -0.2) is 9.18 Å². The summed E-state index contributed by atoms with van der Waals surface area (Å²) in [5.41, 5.74) is 1.60. The average Bonchev–Trinajstić information content (AvgIpc) is 3.05. The molecule has 0 saturated carbocycles. The molecule has 29 heavy (non-hydrogen) atoms. The van der Waals surface area contributed by atoms with Crippen molar-refractivity contribution in [1.29, 1.82) is 0 Å². The van der Waals surface area contributed by atoms with Crippen molar-refractivity contribution in [3.63, 3.8) is 0 Å². The molecule has 1 fully saturated rings. The number of hydrogen-bond donors (Lipinski definition) is 2. The van der Waals surface area contributed by atoms with E-state index in [2.05, 4.69) is 5.32 Å². The van der Waals surface area contributed by atoms with Crippen molar-refractivity contribution in [3.8, 4) is 11.1 Å². The third kappa shape index (κ3) is 5.41. The molecular weight excluding hydrogens is 395 g/mol. The maximum absolute atomic E-state index is 13.3. The van der Waals surface area contributed by atoms with E-state index in [1.54, 1.807) is 24.4 Å². The summed E-state index contributed by atoms with van der Waals surface area (Å²) in [5.74, 6) is -1.03. The van der Waals surface area contributed by atoms with Crippen LogP contribution in [0.3, 0.4) is 0 Å². The molecule has 1 aromatic carbocycles. The number of hydrogen-bond acceptors (Lipinski definition) is 5. The molecule has 1 amide bonds. The summed E-state index contributed by atoms with van der Waals surface area (Å²) in [6, 6.07) is 5.88. The maximum Gasteiger partial charge on any atom is 0.341 e. The van der Waals surface area contributed by atoms with E-state index in [0.29, 0.717) is 28.2 Å². The minimum atomic E-state index is -0.510. The highest BCUT2D eigenvalue weighted by molar-refractivity contribution is 7.15. The van der Waals surface area contributed by atoms with Gasteiger partial charge in [-0.05, 0) is 38.5 Å². The van der Waals surface area contributed by atoms with Crippen molar-refractivity contribution in [1.82, 2.24) is 0 Å². The van der Waals surface area contributed by atoms with E-state index in [-0.39, 0.29) is 30.5 Å². The van der Waals surface area contributed by atoms with E-state index < -0.39 is 5.97 Å². The maximum atomic E-state index is 13.3. The highest BCUT2D eigenvalue weighted by atomic mass is 32.1. The number of thiophene rings is 1. The molecule has 3 rings (SSSR count). The van der Waals surface area contributed by atoms with Crippen LogP contribution >= 0.6 is 11.3 Å².